The number of carbonyl (C=O) groups is 3. The first kappa shape index (κ1) is 20.4. The van der Waals surface area contributed by atoms with Crippen molar-refractivity contribution in [3.63, 3.8) is 0 Å². The molecule has 2 heterocycles. The Labute approximate surface area is 158 Å². The number of hydrogen-bond acceptors (Lipinski definition) is 5. The number of aliphatic carboxylic acids is 1. The summed E-state index contributed by atoms with van der Waals surface area (Å²) in [6.45, 7) is 9.42. The third-order valence-electron chi connectivity index (χ3n) is 4.63. The van der Waals surface area contributed by atoms with Crippen LogP contribution in [0.5, 0.6) is 0 Å². The predicted molar refractivity (Wildman–Crippen MR) is 99.3 cm³/mol. The Morgan fingerprint density at radius 1 is 1.42 bits per heavy atom. The summed E-state index contributed by atoms with van der Waals surface area (Å²) in [5, 5.41) is 11.8. The van der Waals surface area contributed by atoms with E-state index in [9.17, 15) is 19.5 Å². The van der Waals surface area contributed by atoms with Crippen LogP contribution in [-0.2, 0) is 11.3 Å². The lowest BCUT2D eigenvalue weighted by Gasteiger charge is -2.31. The van der Waals surface area contributed by atoms with Crippen molar-refractivity contribution >= 4 is 29.6 Å². The van der Waals surface area contributed by atoms with Crippen molar-refractivity contribution in [3.05, 3.63) is 16.1 Å². The van der Waals surface area contributed by atoms with Gasteiger partial charge in [-0.1, -0.05) is 27.7 Å². The fourth-order valence-electron chi connectivity index (χ4n) is 3.15. The van der Waals surface area contributed by atoms with Gasteiger partial charge in [0, 0.05) is 18.5 Å². The highest BCUT2D eigenvalue weighted by Crippen LogP contribution is 2.28. The number of amides is 2. The first-order valence-corrected chi connectivity index (χ1v) is 9.68. The van der Waals surface area contributed by atoms with Gasteiger partial charge in [-0.25, -0.2) is 14.6 Å². The molecule has 1 aliphatic heterocycles. The van der Waals surface area contributed by atoms with Crippen LogP contribution in [0.3, 0.4) is 0 Å². The molecule has 1 aromatic heterocycles. The third kappa shape index (κ3) is 5.03. The highest BCUT2D eigenvalue weighted by Gasteiger charge is 2.40. The van der Waals surface area contributed by atoms with Crippen LogP contribution in [0.2, 0.25) is 0 Å². The molecule has 7 nitrogen and oxygen atoms in total. The normalized spacial score (nSPS) is 17.5. The minimum Gasteiger partial charge on any atom is -0.480 e. The molecule has 0 aliphatic carbocycles. The van der Waals surface area contributed by atoms with Crippen molar-refractivity contribution in [2.75, 3.05) is 13.1 Å². The van der Waals surface area contributed by atoms with Crippen LogP contribution in [-0.4, -0.2) is 57.3 Å². The number of rotatable bonds is 8. The molecule has 1 saturated heterocycles. The Morgan fingerprint density at radius 2 is 2.12 bits per heavy atom. The number of nitrogens with zero attached hydrogens (tertiary/aromatic N) is 3. The lowest BCUT2D eigenvalue weighted by Crippen LogP contribution is -2.47. The van der Waals surface area contributed by atoms with Gasteiger partial charge < -0.3 is 14.9 Å². The quantitative estimate of drug-likeness (QED) is 0.699. The minimum absolute atomic E-state index is 0.124. The molecule has 2 atom stereocenters. The van der Waals surface area contributed by atoms with E-state index in [1.54, 1.807) is 10.3 Å². The molecule has 0 radical (unpaired) electrons. The summed E-state index contributed by atoms with van der Waals surface area (Å²) in [6.07, 6.45) is 2.33. The molecule has 1 N–H and O–H groups in total. The zero-order valence-electron chi connectivity index (χ0n) is 15.8. The number of thiazole rings is 1. The van der Waals surface area contributed by atoms with E-state index >= 15 is 0 Å². The SMILES string of the molecule is C[C@@H](CCC(C)(C)C)[C@@H](C(=O)O)N1CCN(Cc2csc(C=O)n2)C1=O. The maximum absolute atomic E-state index is 12.7. The fraction of sp³-hybridized carbons (Fsp3) is 0.667. The number of urea groups is 1. The summed E-state index contributed by atoms with van der Waals surface area (Å²) in [6, 6.07) is -1.10. The Hall–Kier alpha value is -1.96. The molecule has 2 rings (SSSR count). The van der Waals surface area contributed by atoms with Crippen molar-refractivity contribution < 1.29 is 19.5 Å². The summed E-state index contributed by atoms with van der Waals surface area (Å²) in [7, 11) is 0. The summed E-state index contributed by atoms with van der Waals surface area (Å²) >= 11 is 1.24. The van der Waals surface area contributed by atoms with Crippen LogP contribution in [0.25, 0.3) is 0 Å². The summed E-state index contributed by atoms with van der Waals surface area (Å²) in [5.41, 5.74) is 0.777. The van der Waals surface area contributed by atoms with Gasteiger partial charge >= 0.3 is 12.0 Å². The van der Waals surface area contributed by atoms with E-state index in [-0.39, 0.29) is 17.4 Å². The average molecular weight is 381 g/mol. The Kier molecular flexibility index (Phi) is 6.39. The fourth-order valence-corrected chi connectivity index (χ4v) is 3.76. The summed E-state index contributed by atoms with van der Waals surface area (Å²) < 4.78 is 0. The van der Waals surface area contributed by atoms with Gasteiger partial charge in [-0.2, -0.15) is 0 Å². The van der Waals surface area contributed by atoms with E-state index in [2.05, 4.69) is 25.8 Å². The van der Waals surface area contributed by atoms with Crippen LogP contribution in [0, 0.1) is 11.3 Å². The van der Waals surface area contributed by atoms with Gasteiger partial charge in [0.2, 0.25) is 0 Å². The summed E-state index contributed by atoms with van der Waals surface area (Å²) in [4.78, 5) is 42.5. The zero-order chi connectivity index (χ0) is 19.5. The second-order valence-electron chi connectivity index (χ2n) is 8.05. The number of carbonyl (C=O) groups excluding carboxylic acids is 2. The van der Waals surface area contributed by atoms with Crippen molar-refractivity contribution in [1.29, 1.82) is 0 Å². The molecule has 0 spiro atoms. The van der Waals surface area contributed by atoms with Gasteiger partial charge in [0.1, 0.15) is 6.04 Å². The monoisotopic (exact) mass is 381 g/mol. The van der Waals surface area contributed by atoms with Crippen LogP contribution < -0.4 is 0 Å². The van der Waals surface area contributed by atoms with Crippen molar-refractivity contribution in [3.8, 4) is 0 Å². The molecule has 0 aromatic carbocycles. The van der Waals surface area contributed by atoms with Crippen LogP contribution in [0.4, 0.5) is 4.79 Å². The second-order valence-corrected chi connectivity index (χ2v) is 8.94. The van der Waals surface area contributed by atoms with E-state index < -0.39 is 12.0 Å². The molecule has 1 fully saturated rings. The van der Waals surface area contributed by atoms with E-state index in [1.807, 2.05) is 6.92 Å². The van der Waals surface area contributed by atoms with Gasteiger partial charge in [0.15, 0.2) is 11.3 Å². The average Bonchev–Trinajstić information content (AvgIpc) is 3.14. The minimum atomic E-state index is -0.960. The Balaban J connectivity index is 2.04. The van der Waals surface area contributed by atoms with Crippen molar-refractivity contribution in [2.24, 2.45) is 11.3 Å². The largest absolute Gasteiger partial charge is 0.480 e. The van der Waals surface area contributed by atoms with Gasteiger partial charge in [0.25, 0.3) is 0 Å². The Morgan fingerprint density at radius 3 is 2.65 bits per heavy atom. The predicted octanol–water partition coefficient (Wildman–Crippen LogP) is 3.11. The number of hydrogen-bond donors (Lipinski definition) is 1. The van der Waals surface area contributed by atoms with E-state index in [0.29, 0.717) is 36.6 Å². The number of aromatic nitrogens is 1. The van der Waals surface area contributed by atoms with E-state index in [0.717, 1.165) is 12.8 Å². The molecule has 0 saturated carbocycles. The maximum atomic E-state index is 12.7. The molecule has 144 valence electrons. The highest BCUT2D eigenvalue weighted by atomic mass is 32.1. The van der Waals surface area contributed by atoms with Crippen LogP contribution in [0.15, 0.2) is 5.38 Å². The topological polar surface area (TPSA) is 90.8 Å². The molecule has 26 heavy (non-hydrogen) atoms. The highest BCUT2D eigenvalue weighted by molar-refractivity contribution is 7.11. The smallest absolute Gasteiger partial charge is 0.326 e. The molecular weight excluding hydrogens is 354 g/mol. The van der Waals surface area contributed by atoms with E-state index in [4.69, 9.17) is 0 Å². The number of carboxylic acid groups (broad SMARTS) is 1. The van der Waals surface area contributed by atoms with Gasteiger partial charge in [-0.3, -0.25) is 4.79 Å². The first-order chi connectivity index (χ1) is 12.1. The van der Waals surface area contributed by atoms with Gasteiger partial charge in [-0.05, 0) is 24.2 Å². The van der Waals surface area contributed by atoms with Gasteiger partial charge in [-0.15, -0.1) is 11.3 Å². The molecule has 1 aromatic rings. The van der Waals surface area contributed by atoms with E-state index in [1.165, 1.54) is 16.2 Å². The summed E-state index contributed by atoms with van der Waals surface area (Å²) in [5.74, 6) is -1.09. The molecule has 2 amide bonds. The number of aldehydes is 1. The lowest BCUT2D eigenvalue weighted by molar-refractivity contribution is -0.143. The molecule has 0 unspecified atom stereocenters. The number of carboxylic acids is 1. The molecule has 8 heteroatoms. The maximum Gasteiger partial charge on any atom is 0.326 e. The molecule has 1 aliphatic rings. The van der Waals surface area contributed by atoms with Gasteiger partial charge in [0.05, 0.1) is 12.2 Å². The Bertz CT molecular complexity index is 668. The first-order valence-electron chi connectivity index (χ1n) is 8.80. The van der Waals surface area contributed by atoms with Crippen LogP contribution >= 0.6 is 11.3 Å². The molecular formula is C18H27N3O4S. The standard InChI is InChI=1S/C18H27N3O4S/c1-12(5-6-18(2,3)4)15(16(23)24)21-8-7-20(17(21)25)9-13-11-26-14(10-22)19-13/h10-12,15H,5-9H2,1-4H3,(H,23,24)/t12-,15-/m0/s1. The zero-order valence-corrected chi connectivity index (χ0v) is 16.6. The third-order valence-corrected chi connectivity index (χ3v) is 5.45. The van der Waals surface area contributed by atoms with Crippen molar-refractivity contribution in [1.82, 2.24) is 14.8 Å². The second kappa shape index (κ2) is 8.16. The van der Waals surface area contributed by atoms with Crippen molar-refractivity contribution in [2.45, 2.75) is 53.1 Å². The lowest BCUT2D eigenvalue weighted by atomic mass is 9.84. The molecule has 0 bridgehead atoms. The van der Waals surface area contributed by atoms with Crippen LogP contribution in [0.1, 0.15) is 56.0 Å².